The zero-order valence-corrected chi connectivity index (χ0v) is 9.25. The number of amides is 2. The average Bonchev–Trinajstić information content (AvgIpc) is 2.57. The summed E-state index contributed by atoms with van der Waals surface area (Å²) in [6, 6.07) is 4.62. The Kier molecular flexibility index (Phi) is 3.11. The summed E-state index contributed by atoms with van der Waals surface area (Å²) in [6.45, 7) is 0. The highest BCUT2D eigenvalue weighted by atomic mass is 19.4. The van der Waals surface area contributed by atoms with Crippen molar-refractivity contribution >= 4 is 11.8 Å². The quantitative estimate of drug-likeness (QED) is 0.823. The predicted octanol–water partition coefficient (Wildman–Crippen LogP) is 1.91. The lowest BCUT2D eigenvalue weighted by Gasteiger charge is -2.09. The molecule has 1 aromatic carbocycles. The molecule has 2 rings (SSSR count). The van der Waals surface area contributed by atoms with Gasteiger partial charge in [-0.25, -0.2) is 0 Å². The van der Waals surface area contributed by atoms with E-state index in [9.17, 15) is 22.8 Å². The molecular weight excluding hydrogens is 247 g/mol. The molecule has 1 aliphatic rings. The maximum absolute atomic E-state index is 12.3. The minimum absolute atomic E-state index is 0.0971. The Labute approximate surface area is 101 Å². The predicted molar refractivity (Wildman–Crippen MR) is 56.4 cm³/mol. The van der Waals surface area contributed by atoms with Crippen LogP contribution in [-0.2, 0) is 22.2 Å². The van der Waals surface area contributed by atoms with Crippen LogP contribution in [0.2, 0.25) is 0 Å². The maximum Gasteiger partial charge on any atom is 0.416 e. The fraction of sp³-hybridized carbons (Fsp3) is 0.333. The number of halogens is 3. The number of imide groups is 1. The third-order valence-corrected chi connectivity index (χ3v) is 2.83. The van der Waals surface area contributed by atoms with E-state index in [1.165, 1.54) is 12.1 Å². The minimum atomic E-state index is -4.36. The summed E-state index contributed by atoms with van der Waals surface area (Å²) in [6.07, 6.45) is -3.99. The van der Waals surface area contributed by atoms with E-state index < -0.39 is 17.7 Å². The molecule has 96 valence electrons. The Morgan fingerprint density at radius 1 is 1.17 bits per heavy atom. The molecule has 0 spiro atoms. The Bertz CT molecular complexity index is 479. The van der Waals surface area contributed by atoms with Crippen molar-refractivity contribution < 1.29 is 22.8 Å². The van der Waals surface area contributed by atoms with Crippen LogP contribution >= 0.6 is 0 Å². The molecular formula is C12H10F3NO2. The van der Waals surface area contributed by atoms with Crippen molar-refractivity contribution in [3.8, 4) is 0 Å². The maximum atomic E-state index is 12.3. The van der Waals surface area contributed by atoms with Crippen LogP contribution in [0, 0.1) is 5.92 Å². The van der Waals surface area contributed by atoms with Crippen LogP contribution in [0.25, 0.3) is 0 Å². The van der Waals surface area contributed by atoms with Gasteiger partial charge >= 0.3 is 6.18 Å². The fourth-order valence-electron chi connectivity index (χ4n) is 1.89. The van der Waals surface area contributed by atoms with Gasteiger partial charge in [0, 0.05) is 6.42 Å². The first kappa shape index (κ1) is 12.6. The smallest absolute Gasteiger partial charge is 0.296 e. The van der Waals surface area contributed by atoms with Gasteiger partial charge in [0.2, 0.25) is 11.8 Å². The lowest BCUT2D eigenvalue weighted by Crippen LogP contribution is -2.22. The molecule has 1 aromatic rings. The molecule has 1 fully saturated rings. The largest absolute Gasteiger partial charge is 0.416 e. The van der Waals surface area contributed by atoms with Crippen molar-refractivity contribution in [2.45, 2.75) is 19.0 Å². The van der Waals surface area contributed by atoms with E-state index in [-0.39, 0.29) is 24.7 Å². The molecule has 6 heteroatoms. The minimum Gasteiger partial charge on any atom is -0.296 e. The van der Waals surface area contributed by atoms with Crippen LogP contribution in [0.3, 0.4) is 0 Å². The summed E-state index contributed by atoms with van der Waals surface area (Å²) < 4.78 is 37.0. The van der Waals surface area contributed by atoms with E-state index in [1.54, 1.807) is 0 Å². The number of carbonyl (C=O) groups excluding carboxylic acids is 2. The Morgan fingerprint density at radius 2 is 1.78 bits per heavy atom. The molecule has 0 radical (unpaired) electrons. The topological polar surface area (TPSA) is 46.2 Å². The van der Waals surface area contributed by atoms with E-state index in [4.69, 9.17) is 0 Å². The van der Waals surface area contributed by atoms with Gasteiger partial charge < -0.3 is 0 Å². The molecule has 18 heavy (non-hydrogen) atoms. The van der Waals surface area contributed by atoms with E-state index in [0.29, 0.717) is 5.56 Å². The lowest BCUT2D eigenvalue weighted by molar-refractivity contribution is -0.137. The third-order valence-electron chi connectivity index (χ3n) is 2.83. The van der Waals surface area contributed by atoms with Gasteiger partial charge in [-0.15, -0.1) is 0 Å². The van der Waals surface area contributed by atoms with E-state index >= 15 is 0 Å². The Morgan fingerprint density at radius 3 is 2.22 bits per heavy atom. The van der Waals surface area contributed by atoms with Gasteiger partial charge in [0.25, 0.3) is 0 Å². The lowest BCUT2D eigenvalue weighted by atomic mass is 9.97. The Hall–Kier alpha value is -1.85. The van der Waals surface area contributed by atoms with Crippen molar-refractivity contribution in [1.29, 1.82) is 0 Å². The first-order valence-corrected chi connectivity index (χ1v) is 5.36. The number of hydrogen-bond acceptors (Lipinski definition) is 2. The summed E-state index contributed by atoms with van der Waals surface area (Å²) in [4.78, 5) is 22.3. The van der Waals surface area contributed by atoms with E-state index in [0.717, 1.165) is 12.1 Å². The number of hydrogen-bond donors (Lipinski definition) is 1. The zero-order chi connectivity index (χ0) is 13.3. The van der Waals surface area contributed by atoms with Crippen LogP contribution in [0.1, 0.15) is 17.5 Å². The summed E-state index contributed by atoms with van der Waals surface area (Å²) in [5.74, 6) is -1.17. The average molecular weight is 257 g/mol. The summed E-state index contributed by atoms with van der Waals surface area (Å²) in [7, 11) is 0. The first-order valence-electron chi connectivity index (χ1n) is 5.36. The van der Waals surface area contributed by atoms with Crippen LogP contribution < -0.4 is 5.32 Å². The molecule has 1 atom stereocenters. The van der Waals surface area contributed by atoms with Crippen molar-refractivity contribution in [2.75, 3.05) is 0 Å². The molecule has 1 N–H and O–H groups in total. The highest BCUT2D eigenvalue weighted by molar-refractivity contribution is 6.03. The van der Waals surface area contributed by atoms with Gasteiger partial charge in [-0.1, -0.05) is 12.1 Å². The number of nitrogens with one attached hydrogen (secondary N) is 1. The van der Waals surface area contributed by atoms with Gasteiger partial charge in [0.05, 0.1) is 11.5 Å². The summed E-state index contributed by atoms with van der Waals surface area (Å²) in [5, 5.41) is 2.16. The van der Waals surface area contributed by atoms with Gasteiger partial charge in [-0.05, 0) is 24.1 Å². The van der Waals surface area contributed by atoms with Gasteiger partial charge in [-0.3, -0.25) is 14.9 Å². The van der Waals surface area contributed by atoms with E-state index in [1.807, 2.05) is 0 Å². The second kappa shape index (κ2) is 4.44. The third kappa shape index (κ3) is 2.69. The van der Waals surface area contributed by atoms with Crippen molar-refractivity contribution in [2.24, 2.45) is 5.92 Å². The highest BCUT2D eigenvalue weighted by Crippen LogP contribution is 2.29. The standard InChI is InChI=1S/C12H10F3NO2/c13-12(14,15)9-3-1-7(2-4-9)5-8-6-10(17)16-11(8)18/h1-4,8H,5-6H2,(H,16,17,18). The summed E-state index contributed by atoms with van der Waals surface area (Å²) in [5.41, 5.74) is -0.115. The van der Waals surface area contributed by atoms with Crippen molar-refractivity contribution in [1.82, 2.24) is 5.32 Å². The number of alkyl halides is 3. The SMILES string of the molecule is O=C1CC(Cc2ccc(C(F)(F)F)cc2)C(=O)N1. The van der Waals surface area contributed by atoms with Crippen LogP contribution in [0.4, 0.5) is 13.2 Å². The highest BCUT2D eigenvalue weighted by Gasteiger charge is 2.32. The Balaban J connectivity index is 2.07. The number of carbonyl (C=O) groups is 2. The molecule has 0 aromatic heterocycles. The molecule has 0 bridgehead atoms. The van der Waals surface area contributed by atoms with Crippen LogP contribution in [0.15, 0.2) is 24.3 Å². The first-order chi connectivity index (χ1) is 8.36. The van der Waals surface area contributed by atoms with Crippen LogP contribution in [-0.4, -0.2) is 11.8 Å². The normalized spacial score (nSPS) is 20.1. The fourth-order valence-corrected chi connectivity index (χ4v) is 1.89. The second-order valence-corrected chi connectivity index (χ2v) is 4.21. The van der Waals surface area contributed by atoms with Gasteiger partial charge in [0.1, 0.15) is 0 Å². The zero-order valence-electron chi connectivity index (χ0n) is 9.25. The molecule has 3 nitrogen and oxygen atoms in total. The number of benzene rings is 1. The molecule has 0 saturated carbocycles. The number of rotatable bonds is 2. The molecule has 1 unspecified atom stereocenters. The van der Waals surface area contributed by atoms with Gasteiger partial charge in [-0.2, -0.15) is 13.2 Å². The summed E-state index contributed by atoms with van der Waals surface area (Å²) >= 11 is 0. The molecule has 0 aliphatic carbocycles. The monoisotopic (exact) mass is 257 g/mol. The van der Waals surface area contributed by atoms with E-state index in [2.05, 4.69) is 5.32 Å². The van der Waals surface area contributed by atoms with Crippen LogP contribution in [0.5, 0.6) is 0 Å². The van der Waals surface area contributed by atoms with Crippen molar-refractivity contribution in [3.05, 3.63) is 35.4 Å². The molecule has 2 amide bonds. The second-order valence-electron chi connectivity index (χ2n) is 4.21. The molecule has 1 saturated heterocycles. The van der Waals surface area contributed by atoms with Crippen molar-refractivity contribution in [3.63, 3.8) is 0 Å². The molecule has 1 aliphatic heterocycles. The van der Waals surface area contributed by atoms with Gasteiger partial charge in [0.15, 0.2) is 0 Å². The molecule has 1 heterocycles.